The molecule has 3 rings (SSSR count). The second-order valence-electron chi connectivity index (χ2n) is 6.35. The van der Waals surface area contributed by atoms with Crippen molar-refractivity contribution in [1.82, 2.24) is 4.90 Å². The van der Waals surface area contributed by atoms with E-state index < -0.39 is 5.82 Å². The molecule has 0 bridgehead atoms. The van der Waals surface area contributed by atoms with Crippen molar-refractivity contribution in [2.24, 2.45) is 5.92 Å². The Labute approximate surface area is 142 Å². The molecule has 24 heavy (non-hydrogen) atoms. The van der Waals surface area contributed by atoms with Gasteiger partial charge in [-0.2, -0.15) is 0 Å². The maximum Gasteiger partial charge on any atom is 0.254 e. The van der Waals surface area contributed by atoms with Gasteiger partial charge in [0.15, 0.2) is 11.6 Å². The van der Waals surface area contributed by atoms with Crippen LogP contribution in [0.1, 0.15) is 35.7 Å². The third-order valence-electron chi connectivity index (χ3n) is 4.65. The van der Waals surface area contributed by atoms with E-state index in [1.165, 1.54) is 19.2 Å². The average Bonchev–Trinajstić information content (AvgIpc) is 3.44. The minimum Gasteiger partial charge on any atom is -0.494 e. The quantitative estimate of drug-likeness (QED) is 0.793. The van der Waals surface area contributed by atoms with E-state index in [4.69, 9.17) is 4.74 Å². The second kappa shape index (κ2) is 7.04. The van der Waals surface area contributed by atoms with Gasteiger partial charge >= 0.3 is 0 Å². The van der Waals surface area contributed by atoms with Crippen molar-refractivity contribution in [1.29, 1.82) is 0 Å². The highest BCUT2D eigenvalue weighted by atomic mass is 19.1. The smallest absolute Gasteiger partial charge is 0.254 e. The van der Waals surface area contributed by atoms with Gasteiger partial charge in [-0.05, 0) is 49.4 Å². The summed E-state index contributed by atoms with van der Waals surface area (Å²) >= 11 is 0. The van der Waals surface area contributed by atoms with Gasteiger partial charge in [0.2, 0.25) is 0 Å². The summed E-state index contributed by atoms with van der Waals surface area (Å²) in [6.07, 6.45) is 2.30. The number of hydrogen-bond donors (Lipinski definition) is 0. The molecule has 0 heterocycles. The molecule has 4 heteroatoms. The first-order valence-corrected chi connectivity index (χ1v) is 8.28. The van der Waals surface area contributed by atoms with E-state index in [0.717, 1.165) is 18.4 Å². The summed E-state index contributed by atoms with van der Waals surface area (Å²) < 4.78 is 18.9. The van der Waals surface area contributed by atoms with Gasteiger partial charge in [-0.3, -0.25) is 4.79 Å². The van der Waals surface area contributed by atoms with Crippen LogP contribution in [0.25, 0.3) is 0 Å². The minimum absolute atomic E-state index is 0.139. The molecule has 1 fully saturated rings. The van der Waals surface area contributed by atoms with Crippen molar-refractivity contribution in [2.45, 2.75) is 32.4 Å². The van der Waals surface area contributed by atoms with Gasteiger partial charge < -0.3 is 9.64 Å². The van der Waals surface area contributed by atoms with Crippen molar-refractivity contribution in [2.75, 3.05) is 7.11 Å². The SMILES string of the molecule is COc1ccc(C(=O)N(Cc2ccccc2)C(C)C2CC2)cc1F. The van der Waals surface area contributed by atoms with Gasteiger partial charge in [0.05, 0.1) is 7.11 Å². The van der Waals surface area contributed by atoms with Crippen molar-refractivity contribution < 1.29 is 13.9 Å². The second-order valence-corrected chi connectivity index (χ2v) is 6.35. The van der Waals surface area contributed by atoms with Crippen LogP contribution in [-0.4, -0.2) is 24.0 Å². The molecule has 1 aliphatic carbocycles. The molecule has 0 N–H and O–H groups in total. The molecule has 1 atom stereocenters. The Morgan fingerprint density at radius 2 is 1.96 bits per heavy atom. The van der Waals surface area contributed by atoms with Crippen molar-refractivity contribution >= 4 is 5.91 Å². The summed E-state index contributed by atoms with van der Waals surface area (Å²) in [7, 11) is 1.41. The fourth-order valence-corrected chi connectivity index (χ4v) is 2.98. The minimum atomic E-state index is -0.512. The molecule has 0 saturated heterocycles. The number of rotatable bonds is 6. The number of hydrogen-bond acceptors (Lipinski definition) is 2. The molecule has 1 aliphatic rings. The van der Waals surface area contributed by atoms with E-state index in [2.05, 4.69) is 6.92 Å². The molecule has 2 aromatic carbocycles. The van der Waals surface area contributed by atoms with Gasteiger partial charge in [0, 0.05) is 18.2 Å². The first-order valence-electron chi connectivity index (χ1n) is 8.28. The Balaban J connectivity index is 1.86. The van der Waals surface area contributed by atoms with Crippen LogP contribution in [-0.2, 0) is 6.54 Å². The fourth-order valence-electron chi connectivity index (χ4n) is 2.98. The number of benzene rings is 2. The Bertz CT molecular complexity index is 713. The molecular formula is C20H22FNO2. The van der Waals surface area contributed by atoms with E-state index in [0.29, 0.717) is 18.0 Å². The predicted molar refractivity (Wildman–Crippen MR) is 91.5 cm³/mol. The largest absolute Gasteiger partial charge is 0.494 e. The predicted octanol–water partition coefficient (Wildman–Crippen LogP) is 4.28. The number of ether oxygens (including phenoxy) is 1. The normalized spacial score (nSPS) is 15.0. The van der Waals surface area contributed by atoms with Gasteiger partial charge in [-0.1, -0.05) is 30.3 Å². The lowest BCUT2D eigenvalue weighted by atomic mass is 10.1. The average molecular weight is 327 g/mol. The van der Waals surface area contributed by atoms with Crippen LogP contribution in [0.3, 0.4) is 0 Å². The van der Waals surface area contributed by atoms with E-state index in [1.54, 1.807) is 6.07 Å². The molecule has 0 spiro atoms. The molecule has 0 radical (unpaired) electrons. The Hall–Kier alpha value is -2.36. The summed E-state index contributed by atoms with van der Waals surface area (Å²) in [5, 5.41) is 0. The topological polar surface area (TPSA) is 29.5 Å². The summed E-state index contributed by atoms with van der Waals surface area (Å²) in [5.74, 6) is 0.0408. The van der Waals surface area contributed by atoms with Crippen LogP contribution < -0.4 is 4.74 Å². The molecule has 1 amide bonds. The lowest BCUT2D eigenvalue weighted by Crippen LogP contribution is -2.39. The van der Waals surface area contributed by atoms with Crippen LogP contribution in [0, 0.1) is 11.7 Å². The molecular weight excluding hydrogens is 305 g/mol. The van der Waals surface area contributed by atoms with Crippen LogP contribution in [0.2, 0.25) is 0 Å². The molecule has 1 unspecified atom stereocenters. The monoisotopic (exact) mass is 327 g/mol. The Kier molecular flexibility index (Phi) is 4.84. The third-order valence-corrected chi connectivity index (χ3v) is 4.65. The number of methoxy groups -OCH3 is 1. The van der Waals surface area contributed by atoms with E-state index in [1.807, 2.05) is 35.2 Å². The zero-order valence-corrected chi connectivity index (χ0v) is 14.0. The number of halogens is 1. The number of amides is 1. The van der Waals surface area contributed by atoms with Crippen LogP contribution >= 0.6 is 0 Å². The zero-order chi connectivity index (χ0) is 17.1. The lowest BCUT2D eigenvalue weighted by Gasteiger charge is -2.30. The van der Waals surface area contributed by atoms with Gasteiger partial charge in [-0.25, -0.2) is 4.39 Å². The van der Waals surface area contributed by atoms with E-state index in [-0.39, 0.29) is 17.7 Å². The molecule has 2 aromatic rings. The van der Waals surface area contributed by atoms with Gasteiger partial charge in [0.25, 0.3) is 5.91 Å². The lowest BCUT2D eigenvalue weighted by molar-refractivity contribution is 0.0653. The number of carbonyl (C=O) groups excluding carboxylic acids is 1. The van der Waals surface area contributed by atoms with Gasteiger partial charge in [-0.15, -0.1) is 0 Å². The molecule has 0 aromatic heterocycles. The van der Waals surface area contributed by atoms with Gasteiger partial charge in [0.1, 0.15) is 0 Å². The third kappa shape index (κ3) is 3.58. The maximum absolute atomic E-state index is 14.0. The summed E-state index contributed by atoms with van der Waals surface area (Å²) in [5.41, 5.74) is 1.43. The molecule has 1 saturated carbocycles. The van der Waals surface area contributed by atoms with Crippen molar-refractivity contribution in [3.05, 3.63) is 65.5 Å². The highest BCUT2D eigenvalue weighted by Crippen LogP contribution is 2.36. The van der Waals surface area contributed by atoms with Crippen molar-refractivity contribution in [3.8, 4) is 5.75 Å². The highest BCUT2D eigenvalue weighted by Gasteiger charge is 2.34. The fraction of sp³-hybridized carbons (Fsp3) is 0.350. The molecule has 0 aliphatic heterocycles. The van der Waals surface area contributed by atoms with Crippen LogP contribution in [0.5, 0.6) is 5.75 Å². The highest BCUT2D eigenvalue weighted by molar-refractivity contribution is 5.94. The first kappa shape index (κ1) is 16.5. The zero-order valence-electron chi connectivity index (χ0n) is 14.0. The molecule has 126 valence electrons. The summed E-state index contributed by atoms with van der Waals surface area (Å²) in [4.78, 5) is 14.8. The van der Waals surface area contributed by atoms with Crippen LogP contribution in [0.4, 0.5) is 4.39 Å². The summed E-state index contributed by atoms with van der Waals surface area (Å²) in [6.45, 7) is 2.61. The molecule has 3 nitrogen and oxygen atoms in total. The number of nitrogens with zero attached hydrogens (tertiary/aromatic N) is 1. The van der Waals surface area contributed by atoms with E-state index in [9.17, 15) is 9.18 Å². The maximum atomic E-state index is 14.0. The Morgan fingerprint density at radius 3 is 2.54 bits per heavy atom. The Morgan fingerprint density at radius 1 is 1.25 bits per heavy atom. The van der Waals surface area contributed by atoms with Crippen LogP contribution in [0.15, 0.2) is 48.5 Å². The standard InChI is InChI=1S/C20H22FNO2/c1-14(16-8-9-16)22(13-15-6-4-3-5-7-15)20(23)17-10-11-19(24-2)18(21)12-17/h3-7,10-12,14,16H,8-9,13H2,1-2H3. The van der Waals surface area contributed by atoms with Crippen molar-refractivity contribution in [3.63, 3.8) is 0 Å². The number of carbonyl (C=O) groups is 1. The van der Waals surface area contributed by atoms with E-state index >= 15 is 0 Å². The summed E-state index contributed by atoms with van der Waals surface area (Å²) in [6, 6.07) is 14.4. The first-order chi connectivity index (χ1) is 11.6.